The van der Waals surface area contributed by atoms with Crippen molar-refractivity contribution in [3.8, 4) is 0 Å². The molecule has 2 heterocycles. The van der Waals surface area contributed by atoms with Gasteiger partial charge in [-0.3, -0.25) is 4.79 Å². The van der Waals surface area contributed by atoms with Crippen molar-refractivity contribution in [1.29, 1.82) is 0 Å². The van der Waals surface area contributed by atoms with E-state index in [2.05, 4.69) is 25.8 Å². The Hall–Kier alpha value is -2.57. The molecule has 1 amide bonds. The van der Waals surface area contributed by atoms with E-state index in [-0.39, 0.29) is 12.1 Å². The molecule has 0 atom stereocenters. The summed E-state index contributed by atoms with van der Waals surface area (Å²) in [6, 6.07) is 4.64. The van der Waals surface area contributed by atoms with Gasteiger partial charge >= 0.3 is 0 Å². The number of aromatic nitrogens is 3. The predicted octanol–water partition coefficient (Wildman–Crippen LogP) is 1.76. The SMILES string of the molecule is CCCNc1ncc(F)cc1C(=O)NCc1cccnn1. The smallest absolute Gasteiger partial charge is 0.255 e. The summed E-state index contributed by atoms with van der Waals surface area (Å²) >= 11 is 0. The minimum atomic E-state index is -0.554. The zero-order valence-electron chi connectivity index (χ0n) is 11.6. The number of halogens is 1. The molecule has 0 fully saturated rings. The summed E-state index contributed by atoms with van der Waals surface area (Å²) in [4.78, 5) is 16.1. The largest absolute Gasteiger partial charge is 0.369 e. The van der Waals surface area contributed by atoms with Gasteiger partial charge in [0.1, 0.15) is 11.6 Å². The highest BCUT2D eigenvalue weighted by Gasteiger charge is 2.14. The van der Waals surface area contributed by atoms with Crippen molar-refractivity contribution in [1.82, 2.24) is 20.5 Å². The number of anilines is 1. The predicted molar refractivity (Wildman–Crippen MR) is 76.2 cm³/mol. The molecule has 0 aliphatic heterocycles. The normalized spacial score (nSPS) is 10.2. The maximum absolute atomic E-state index is 13.3. The molecule has 2 aromatic rings. The molecule has 0 saturated carbocycles. The van der Waals surface area contributed by atoms with E-state index >= 15 is 0 Å². The maximum Gasteiger partial charge on any atom is 0.255 e. The van der Waals surface area contributed by atoms with Crippen LogP contribution in [-0.4, -0.2) is 27.6 Å². The van der Waals surface area contributed by atoms with E-state index in [1.165, 1.54) is 0 Å². The number of pyridine rings is 1. The topological polar surface area (TPSA) is 79.8 Å². The van der Waals surface area contributed by atoms with Gasteiger partial charge in [-0.25, -0.2) is 9.37 Å². The summed E-state index contributed by atoms with van der Waals surface area (Å²) in [5, 5.41) is 13.3. The number of hydrogen-bond donors (Lipinski definition) is 2. The standard InChI is InChI=1S/C14H16FN5O/c1-2-5-16-13-12(7-10(15)8-17-13)14(21)18-9-11-4-3-6-19-20-11/h3-4,6-8H,2,5,9H2,1H3,(H,16,17)(H,18,21). The van der Waals surface area contributed by atoms with Crippen molar-refractivity contribution in [3.05, 3.63) is 47.7 Å². The highest BCUT2D eigenvalue weighted by atomic mass is 19.1. The minimum Gasteiger partial charge on any atom is -0.369 e. The summed E-state index contributed by atoms with van der Waals surface area (Å²) in [5.74, 6) is -0.595. The highest BCUT2D eigenvalue weighted by Crippen LogP contribution is 2.13. The van der Waals surface area contributed by atoms with Gasteiger partial charge in [-0.2, -0.15) is 10.2 Å². The monoisotopic (exact) mass is 289 g/mol. The van der Waals surface area contributed by atoms with Crippen LogP contribution in [0.25, 0.3) is 0 Å². The molecule has 0 radical (unpaired) electrons. The van der Waals surface area contributed by atoms with E-state index in [0.29, 0.717) is 18.1 Å². The van der Waals surface area contributed by atoms with Crippen LogP contribution in [0.4, 0.5) is 10.2 Å². The Balaban J connectivity index is 2.08. The zero-order chi connectivity index (χ0) is 15.1. The Morgan fingerprint density at radius 2 is 2.29 bits per heavy atom. The van der Waals surface area contributed by atoms with E-state index in [0.717, 1.165) is 18.7 Å². The zero-order valence-corrected chi connectivity index (χ0v) is 11.6. The Morgan fingerprint density at radius 1 is 1.43 bits per heavy atom. The molecule has 2 aromatic heterocycles. The van der Waals surface area contributed by atoms with Gasteiger partial charge in [0, 0.05) is 12.7 Å². The average molecular weight is 289 g/mol. The first kappa shape index (κ1) is 14.8. The number of hydrogen-bond acceptors (Lipinski definition) is 5. The lowest BCUT2D eigenvalue weighted by molar-refractivity contribution is 0.0950. The molecule has 0 aromatic carbocycles. The van der Waals surface area contributed by atoms with E-state index in [1.54, 1.807) is 18.3 Å². The molecule has 0 aliphatic carbocycles. The lowest BCUT2D eigenvalue weighted by Crippen LogP contribution is -2.25. The van der Waals surface area contributed by atoms with Gasteiger partial charge in [-0.15, -0.1) is 0 Å². The minimum absolute atomic E-state index is 0.173. The average Bonchev–Trinajstić information content (AvgIpc) is 2.52. The summed E-state index contributed by atoms with van der Waals surface area (Å²) in [5.41, 5.74) is 0.797. The molecule has 2 rings (SSSR count). The number of carbonyl (C=O) groups excluding carboxylic acids is 1. The number of rotatable bonds is 6. The summed E-state index contributed by atoms with van der Waals surface area (Å²) in [7, 11) is 0. The van der Waals surface area contributed by atoms with Gasteiger partial charge in [0.2, 0.25) is 0 Å². The Labute approximate surface area is 121 Å². The van der Waals surface area contributed by atoms with Crippen LogP contribution in [-0.2, 0) is 6.54 Å². The number of nitrogens with one attached hydrogen (secondary N) is 2. The summed E-state index contributed by atoms with van der Waals surface area (Å²) in [6.07, 6.45) is 3.51. The van der Waals surface area contributed by atoms with Gasteiger partial charge in [0.05, 0.1) is 24.0 Å². The Bertz CT molecular complexity index is 606. The first-order valence-corrected chi connectivity index (χ1v) is 6.65. The lowest BCUT2D eigenvalue weighted by atomic mass is 10.2. The number of amides is 1. The van der Waals surface area contributed by atoms with Crippen LogP contribution in [0.3, 0.4) is 0 Å². The first-order valence-electron chi connectivity index (χ1n) is 6.65. The van der Waals surface area contributed by atoms with Gasteiger partial charge in [-0.05, 0) is 24.6 Å². The van der Waals surface area contributed by atoms with Crippen molar-refractivity contribution in [3.63, 3.8) is 0 Å². The molecular formula is C14H16FN5O. The van der Waals surface area contributed by atoms with Crippen LogP contribution >= 0.6 is 0 Å². The maximum atomic E-state index is 13.3. The van der Waals surface area contributed by atoms with Crippen molar-refractivity contribution >= 4 is 11.7 Å². The molecule has 21 heavy (non-hydrogen) atoms. The van der Waals surface area contributed by atoms with Gasteiger partial charge < -0.3 is 10.6 Å². The van der Waals surface area contributed by atoms with Crippen molar-refractivity contribution in [2.75, 3.05) is 11.9 Å². The van der Waals surface area contributed by atoms with Crippen molar-refractivity contribution < 1.29 is 9.18 Å². The molecule has 0 bridgehead atoms. The van der Waals surface area contributed by atoms with Gasteiger partial charge in [0.15, 0.2) is 0 Å². The second kappa shape index (κ2) is 7.28. The van der Waals surface area contributed by atoms with Crippen molar-refractivity contribution in [2.45, 2.75) is 19.9 Å². The molecule has 6 nitrogen and oxygen atoms in total. The van der Waals surface area contributed by atoms with E-state index in [4.69, 9.17) is 0 Å². The van der Waals surface area contributed by atoms with E-state index in [9.17, 15) is 9.18 Å². The second-order valence-corrected chi connectivity index (χ2v) is 4.37. The lowest BCUT2D eigenvalue weighted by Gasteiger charge is -2.10. The van der Waals surface area contributed by atoms with Gasteiger partial charge in [-0.1, -0.05) is 6.92 Å². The van der Waals surface area contributed by atoms with Crippen LogP contribution in [0, 0.1) is 5.82 Å². The molecule has 110 valence electrons. The van der Waals surface area contributed by atoms with Gasteiger partial charge in [0.25, 0.3) is 5.91 Å². The first-order chi connectivity index (χ1) is 10.2. The van der Waals surface area contributed by atoms with E-state index in [1.807, 2.05) is 6.92 Å². The highest BCUT2D eigenvalue weighted by molar-refractivity contribution is 5.98. The molecule has 0 unspecified atom stereocenters. The summed E-state index contributed by atoms with van der Waals surface area (Å²) in [6.45, 7) is 2.86. The molecule has 0 saturated heterocycles. The summed E-state index contributed by atoms with van der Waals surface area (Å²) < 4.78 is 13.3. The molecule has 0 aliphatic rings. The Kier molecular flexibility index (Phi) is 5.14. The molecular weight excluding hydrogens is 273 g/mol. The second-order valence-electron chi connectivity index (χ2n) is 4.37. The quantitative estimate of drug-likeness (QED) is 0.847. The molecule has 7 heteroatoms. The fraction of sp³-hybridized carbons (Fsp3) is 0.286. The third-order valence-electron chi connectivity index (χ3n) is 2.70. The van der Waals surface area contributed by atoms with Crippen molar-refractivity contribution in [2.24, 2.45) is 0 Å². The van der Waals surface area contributed by atoms with E-state index < -0.39 is 11.7 Å². The van der Waals surface area contributed by atoms with Crippen LogP contribution in [0.1, 0.15) is 29.4 Å². The van der Waals surface area contributed by atoms with Crippen LogP contribution < -0.4 is 10.6 Å². The Morgan fingerprint density at radius 3 is 3.00 bits per heavy atom. The third-order valence-corrected chi connectivity index (χ3v) is 2.70. The number of carbonyl (C=O) groups is 1. The fourth-order valence-electron chi connectivity index (χ4n) is 1.69. The fourth-order valence-corrected chi connectivity index (χ4v) is 1.69. The number of nitrogens with zero attached hydrogens (tertiary/aromatic N) is 3. The third kappa shape index (κ3) is 4.20. The molecule has 2 N–H and O–H groups in total. The molecule has 0 spiro atoms. The van der Waals surface area contributed by atoms with Crippen LogP contribution in [0.15, 0.2) is 30.6 Å². The van der Waals surface area contributed by atoms with Crippen LogP contribution in [0.2, 0.25) is 0 Å². The van der Waals surface area contributed by atoms with Crippen LogP contribution in [0.5, 0.6) is 0 Å².